The maximum Gasteiger partial charge on any atom is -0.0303 e. The molecular weight excluding hydrogens is 156 g/mol. The number of hydrogen-bond acceptors (Lipinski definition) is 0. The molecule has 1 saturated carbocycles. The molecule has 0 nitrogen and oxygen atoms in total. The molecular formula is C13H28. The van der Waals surface area contributed by atoms with Gasteiger partial charge in [-0.3, -0.25) is 0 Å². The van der Waals surface area contributed by atoms with E-state index in [0.29, 0.717) is 5.41 Å². The molecule has 0 aliphatic heterocycles. The van der Waals surface area contributed by atoms with Crippen LogP contribution in [-0.4, -0.2) is 0 Å². The lowest BCUT2D eigenvalue weighted by molar-refractivity contribution is 0.185. The van der Waals surface area contributed by atoms with Crippen LogP contribution in [0.2, 0.25) is 0 Å². The molecule has 0 N–H and O–H groups in total. The SMILES string of the molecule is CC.CC(C)C1(C)CCCCCC1. The third-order valence-electron chi connectivity index (χ3n) is 3.64. The summed E-state index contributed by atoms with van der Waals surface area (Å²) in [5.74, 6) is 0.876. The average molecular weight is 184 g/mol. The summed E-state index contributed by atoms with van der Waals surface area (Å²) in [6.45, 7) is 11.2. The molecule has 80 valence electrons. The molecule has 0 radical (unpaired) electrons. The molecule has 0 aromatic heterocycles. The normalized spacial score (nSPS) is 21.7. The van der Waals surface area contributed by atoms with Crippen molar-refractivity contribution in [2.75, 3.05) is 0 Å². The van der Waals surface area contributed by atoms with Crippen LogP contribution in [-0.2, 0) is 0 Å². The highest BCUT2D eigenvalue weighted by atomic mass is 14.3. The van der Waals surface area contributed by atoms with Gasteiger partial charge in [-0.1, -0.05) is 60.3 Å². The van der Waals surface area contributed by atoms with Crippen LogP contribution in [0.1, 0.15) is 73.1 Å². The average Bonchev–Trinajstić information content (AvgIpc) is 2.35. The van der Waals surface area contributed by atoms with Gasteiger partial charge in [0, 0.05) is 0 Å². The van der Waals surface area contributed by atoms with Crippen LogP contribution in [0.25, 0.3) is 0 Å². The molecule has 1 rings (SSSR count). The van der Waals surface area contributed by atoms with Crippen LogP contribution in [0.3, 0.4) is 0 Å². The lowest BCUT2D eigenvalue weighted by Gasteiger charge is -2.32. The minimum atomic E-state index is 0.663. The van der Waals surface area contributed by atoms with Crippen molar-refractivity contribution < 1.29 is 0 Å². The van der Waals surface area contributed by atoms with Crippen LogP contribution >= 0.6 is 0 Å². The van der Waals surface area contributed by atoms with Crippen LogP contribution in [0, 0.1) is 11.3 Å². The first kappa shape index (κ1) is 13.0. The zero-order chi connectivity index (χ0) is 10.3. The van der Waals surface area contributed by atoms with Crippen molar-refractivity contribution >= 4 is 0 Å². The maximum atomic E-state index is 2.48. The monoisotopic (exact) mass is 184 g/mol. The highest BCUT2D eigenvalue weighted by Gasteiger charge is 2.28. The van der Waals surface area contributed by atoms with E-state index in [-0.39, 0.29) is 0 Å². The molecule has 1 fully saturated rings. The van der Waals surface area contributed by atoms with Crippen molar-refractivity contribution in [3.05, 3.63) is 0 Å². The fourth-order valence-electron chi connectivity index (χ4n) is 2.11. The van der Waals surface area contributed by atoms with Gasteiger partial charge in [-0.05, 0) is 24.2 Å². The van der Waals surface area contributed by atoms with Crippen LogP contribution in [0.15, 0.2) is 0 Å². The van der Waals surface area contributed by atoms with Gasteiger partial charge in [0.05, 0.1) is 0 Å². The summed E-state index contributed by atoms with van der Waals surface area (Å²) < 4.78 is 0. The predicted molar refractivity (Wildman–Crippen MR) is 62.0 cm³/mol. The molecule has 0 aromatic carbocycles. The molecule has 0 spiro atoms. The summed E-state index contributed by atoms with van der Waals surface area (Å²) in [4.78, 5) is 0. The minimum absolute atomic E-state index is 0.663. The number of hydrogen-bond donors (Lipinski definition) is 0. The van der Waals surface area contributed by atoms with E-state index in [9.17, 15) is 0 Å². The Bertz CT molecular complexity index is 105. The molecule has 0 heterocycles. The van der Waals surface area contributed by atoms with E-state index < -0.39 is 0 Å². The second kappa shape index (κ2) is 6.45. The Morgan fingerprint density at radius 1 is 0.846 bits per heavy atom. The van der Waals surface area contributed by atoms with Crippen LogP contribution in [0.5, 0.6) is 0 Å². The smallest absolute Gasteiger partial charge is 0.0303 e. The Morgan fingerprint density at radius 2 is 1.23 bits per heavy atom. The Hall–Kier alpha value is 0. The predicted octanol–water partition coefficient (Wildman–Crippen LogP) is 5.03. The fraction of sp³-hybridized carbons (Fsp3) is 1.00. The van der Waals surface area contributed by atoms with Crippen molar-refractivity contribution in [3.63, 3.8) is 0 Å². The Labute approximate surface area is 85.1 Å². The highest BCUT2D eigenvalue weighted by Crippen LogP contribution is 2.40. The van der Waals surface area contributed by atoms with Gasteiger partial charge >= 0.3 is 0 Å². The van der Waals surface area contributed by atoms with E-state index in [1.807, 2.05) is 13.8 Å². The summed E-state index contributed by atoms with van der Waals surface area (Å²) >= 11 is 0. The maximum absolute atomic E-state index is 2.48. The molecule has 13 heavy (non-hydrogen) atoms. The van der Waals surface area contributed by atoms with Crippen molar-refractivity contribution in [2.45, 2.75) is 73.1 Å². The first-order valence-electron chi connectivity index (χ1n) is 6.15. The van der Waals surface area contributed by atoms with E-state index >= 15 is 0 Å². The van der Waals surface area contributed by atoms with E-state index in [1.54, 1.807) is 0 Å². The van der Waals surface area contributed by atoms with Crippen molar-refractivity contribution in [3.8, 4) is 0 Å². The zero-order valence-corrected chi connectivity index (χ0v) is 10.3. The first-order valence-corrected chi connectivity index (χ1v) is 6.15. The van der Waals surface area contributed by atoms with Gasteiger partial charge in [0.1, 0.15) is 0 Å². The van der Waals surface area contributed by atoms with Gasteiger partial charge in [0.25, 0.3) is 0 Å². The molecule has 0 unspecified atom stereocenters. The molecule has 0 bridgehead atoms. The van der Waals surface area contributed by atoms with Gasteiger partial charge in [0.2, 0.25) is 0 Å². The van der Waals surface area contributed by atoms with Gasteiger partial charge in [0.15, 0.2) is 0 Å². The summed E-state index contributed by atoms with van der Waals surface area (Å²) in [7, 11) is 0. The lowest BCUT2D eigenvalue weighted by atomic mass is 9.73. The van der Waals surface area contributed by atoms with Crippen LogP contribution < -0.4 is 0 Å². The van der Waals surface area contributed by atoms with Gasteiger partial charge < -0.3 is 0 Å². The third kappa shape index (κ3) is 4.15. The second-order valence-electron chi connectivity index (χ2n) is 4.72. The fourth-order valence-corrected chi connectivity index (χ4v) is 2.11. The van der Waals surface area contributed by atoms with E-state index in [0.717, 1.165) is 5.92 Å². The molecule has 0 amide bonds. The standard InChI is InChI=1S/C11H22.C2H6/c1-10(2)11(3)8-6-4-5-7-9-11;1-2/h10H,4-9H2,1-3H3;1-2H3. The summed E-state index contributed by atoms with van der Waals surface area (Å²) in [6, 6.07) is 0. The zero-order valence-electron chi connectivity index (χ0n) is 10.3. The quantitative estimate of drug-likeness (QED) is 0.501. The molecule has 0 aromatic rings. The molecule has 1 aliphatic carbocycles. The van der Waals surface area contributed by atoms with Gasteiger partial charge in [-0.15, -0.1) is 0 Å². The van der Waals surface area contributed by atoms with Crippen molar-refractivity contribution in [2.24, 2.45) is 11.3 Å². The van der Waals surface area contributed by atoms with E-state index in [2.05, 4.69) is 20.8 Å². The molecule has 0 heteroatoms. The number of rotatable bonds is 1. The van der Waals surface area contributed by atoms with E-state index in [4.69, 9.17) is 0 Å². The van der Waals surface area contributed by atoms with Crippen LogP contribution in [0.4, 0.5) is 0 Å². The lowest BCUT2D eigenvalue weighted by Crippen LogP contribution is -2.22. The molecule has 0 saturated heterocycles. The topological polar surface area (TPSA) is 0 Å². The third-order valence-corrected chi connectivity index (χ3v) is 3.64. The summed E-state index contributed by atoms with van der Waals surface area (Å²) in [6.07, 6.45) is 8.81. The largest absolute Gasteiger partial charge is 0.0683 e. The molecule has 0 atom stereocenters. The minimum Gasteiger partial charge on any atom is -0.0683 e. The summed E-state index contributed by atoms with van der Waals surface area (Å²) in [5.41, 5.74) is 0.663. The van der Waals surface area contributed by atoms with Crippen molar-refractivity contribution in [1.29, 1.82) is 0 Å². The van der Waals surface area contributed by atoms with Crippen molar-refractivity contribution in [1.82, 2.24) is 0 Å². The summed E-state index contributed by atoms with van der Waals surface area (Å²) in [5, 5.41) is 0. The Morgan fingerprint density at radius 3 is 1.54 bits per heavy atom. The first-order chi connectivity index (χ1) is 6.15. The highest BCUT2D eigenvalue weighted by molar-refractivity contribution is 4.79. The van der Waals surface area contributed by atoms with Gasteiger partial charge in [-0.2, -0.15) is 0 Å². The molecule has 1 aliphatic rings. The Kier molecular flexibility index (Phi) is 6.45. The van der Waals surface area contributed by atoms with E-state index in [1.165, 1.54) is 38.5 Å². The Balaban J connectivity index is 0.000000671. The second-order valence-corrected chi connectivity index (χ2v) is 4.72. The van der Waals surface area contributed by atoms with Gasteiger partial charge in [-0.25, -0.2) is 0 Å².